The molecule has 46 heavy (non-hydrogen) atoms. The fourth-order valence-electron chi connectivity index (χ4n) is 4.80. The predicted octanol–water partition coefficient (Wildman–Crippen LogP) is 2.79. The Bertz CT molecular complexity index is 1550. The van der Waals surface area contributed by atoms with Crippen molar-refractivity contribution >= 4 is 53.5 Å². The Labute approximate surface area is 274 Å². The number of hydrogen-bond donors (Lipinski definition) is 4. The van der Waals surface area contributed by atoms with Crippen LogP contribution in [-0.2, 0) is 16.6 Å². The maximum Gasteiger partial charge on any atom is 0.291 e. The zero-order chi connectivity index (χ0) is 34.0. The topological polar surface area (TPSA) is 166 Å². The van der Waals surface area contributed by atoms with E-state index in [1.165, 1.54) is 36.1 Å². The molecule has 2 aliphatic heterocycles. The number of carbonyl (C=O) groups is 4. The average molecular weight is 682 g/mol. The van der Waals surface area contributed by atoms with E-state index in [9.17, 15) is 23.9 Å². The van der Waals surface area contributed by atoms with Gasteiger partial charge in [-0.1, -0.05) is 23.2 Å². The van der Waals surface area contributed by atoms with Crippen LogP contribution in [0.2, 0.25) is 10.0 Å². The molecule has 16 heteroatoms. The second kappa shape index (κ2) is 17.0. The molecule has 2 aliphatic rings. The lowest BCUT2D eigenvalue weighted by Crippen LogP contribution is -2.52. The van der Waals surface area contributed by atoms with E-state index in [1.54, 1.807) is 19.2 Å². The minimum Gasteiger partial charge on any atom is -0.494 e. The Kier molecular flexibility index (Phi) is 13.5. The molecule has 5 rings (SSSR count). The maximum absolute atomic E-state index is 14.2. The molecule has 0 bridgehead atoms. The van der Waals surface area contributed by atoms with Crippen molar-refractivity contribution in [2.75, 3.05) is 52.2 Å². The van der Waals surface area contributed by atoms with Gasteiger partial charge >= 0.3 is 0 Å². The number of aromatic nitrogens is 2. The number of likely N-dealkylation sites (N-methyl/N-ethyl adjacent to an activating group) is 1. The molecule has 3 aromatic rings. The zero-order valence-corrected chi connectivity index (χ0v) is 26.9. The molecule has 248 valence electrons. The molecule has 0 unspecified atom stereocenters. The number of piperazine rings is 1. The first-order chi connectivity index (χ1) is 21.9. The second-order valence-electron chi connectivity index (χ2n) is 10.4. The summed E-state index contributed by atoms with van der Waals surface area (Å²) in [5, 5.41) is 22.0. The molecular weight excluding hydrogens is 646 g/mol. The van der Waals surface area contributed by atoms with Crippen LogP contribution < -0.4 is 15.4 Å². The molecule has 1 aromatic heterocycles. The van der Waals surface area contributed by atoms with E-state index in [-0.39, 0.29) is 46.1 Å². The molecule has 4 N–H and O–H groups in total. The number of ether oxygens (including phenoxy) is 1. The Morgan fingerprint density at radius 1 is 1.13 bits per heavy atom. The highest BCUT2D eigenvalue weighted by atomic mass is 35.5. The summed E-state index contributed by atoms with van der Waals surface area (Å²) in [5.74, 6) is -0.949. The number of halogens is 3. The number of carbonyl (C=O) groups excluding carboxylic acids is 3. The van der Waals surface area contributed by atoms with E-state index < -0.39 is 11.7 Å². The van der Waals surface area contributed by atoms with E-state index >= 15 is 0 Å². The SMILES string of the molecule is CN1CCN(C(=O)[C@@H]2C[C@H](O)CN2)CC1.COc1ccc(-c2cnc(C(=O)Nc3ccc(C=O)c(Cl)c3)n2C)c(Cl)c1F.O=CO. The molecule has 13 nitrogen and oxygen atoms in total. The number of rotatable bonds is 6. The molecule has 0 radical (unpaired) electrons. The third-order valence-corrected chi connectivity index (χ3v) is 8.04. The van der Waals surface area contributed by atoms with E-state index in [1.807, 2.05) is 4.90 Å². The summed E-state index contributed by atoms with van der Waals surface area (Å²) in [4.78, 5) is 52.0. The van der Waals surface area contributed by atoms with Crippen molar-refractivity contribution in [3.63, 3.8) is 0 Å². The molecule has 2 aromatic carbocycles. The summed E-state index contributed by atoms with van der Waals surface area (Å²) in [5.41, 5.74) is 1.53. The van der Waals surface area contributed by atoms with Crippen molar-refractivity contribution in [1.82, 2.24) is 24.7 Å². The number of amides is 2. The predicted molar refractivity (Wildman–Crippen MR) is 170 cm³/mol. The number of benzene rings is 2. The largest absolute Gasteiger partial charge is 0.494 e. The smallest absolute Gasteiger partial charge is 0.291 e. The molecule has 0 aliphatic carbocycles. The number of aldehydes is 1. The highest BCUT2D eigenvalue weighted by molar-refractivity contribution is 6.34. The summed E-state index contributed by atoms with van der Waals surface area (Å²) < 4.78 is 20.6. The van der Waals surface area contributed by atoms with Gasteiger partial charge in [0.1, 0.15) is 0 Å². The highest BCUT2D eigenvalue weighted by Gasteiger charge is 2.32. The van der Waals surface area contributed by atoms with Gasteiger partial charge in [0, 0.05) is 56.6 Å². The van der Waals surface area contributed by atoms with Crippen molar-refractivity contribution in [1.29, 1.82) is 0 Å². The first kappa shape index (κ1) is 36.4. The van der Waals surface area contributed by atoms with Gasteiger partial charge in [-0.25, -0.2) is 9.37 Å². The van der Waals surface area contributed by atoms with Gasteiger partial charge in [0.05, 0.1) is 41.2 Å². The Balaban J connectivity index is 0.000000268. The van der Waals surface area contributed by atoms with E-state index in [2.05, 4.69) is 27.6 Å². The second-order valence-corrected chi connectivity index (χ2v) is 11.1. The van der Waals surface area contributed by atoms with Crippen molar-refractivity contribution in [3.05, 3.63) is 63.8 Å². The lowest BCUT2D eigenvalue weighted by atomic mass is 10.1. The van der Waals surface area contributed by atoms with E-state index in [4.69, 9.17) is 37.8 Å². The molecule has 2 saturated heterocycles. The molecule has 0 saturated carbocycles. The fraction of sp³-hybridized carbons (Fsp3) is 0.367. The van der Waals surface area contributed by atoms with Gasteiger partial charge in [0.15, 0.2) is 23.7 Å². The number of methoxy groups -OCH3 is 1. The molecule has 0 spiro atoms. The Morgan fingerprint density at radius 2 is 1.80 bits per heavy atom. The lowest BCUT2D eigenvalue weighted by Gasteiger charge is -2.33. The summed E-state index contributed by atoms with van der Waals surface area (Å²) in [7, 11) is 5.02. The number of hydrogen-bond acceptors (Lipinski definition) is 9. The molecular formula is C30H35Cl2FN6O7. The monoisotopic (exact) mass is 680 g/mol. The van der Waals surface area contributed by atoms with E-state index in [0.717, 1.165) is 26.2 Å². The normalized spacial score (nSPS) is 17.6. The van der Waals surface area contributed by atoms with Crippen LogP contribution in [0.1, 0.15) is 27.4 Å². The van der Waals surface area contributed by atoms with Gasteiger partial charge in [-0.15, -0.1) is 0 Å². The quantitative estimate of drug-likeness (QED) is 0.284. The summed E-state index contributed by atoms with van der Waals surface area (Å²) in [6.45, 7) is 3.80. The lowest BCUT2D eigenvalue weighted by molar-refractivity contribution is -0.134. The highest BCUT2D eigenvalue weighted by Crippen LogP contribution is 2.35. The summed E-state index contributed by atoms with van der Waals surface area (Å²) in [6, 6.07) is 7.37. The Hall–Kier alpha value is -4.08. The van der Waals surface area contributed by atoms with Gasteiger partial charge in [-0.2, -0.15) is 0 Å². The van der Waals surface area contributed by atoms with Crippen LogP contribution >= 0.6 is 23.2 Å². The maximum atomic E-state index is 14.2. The first-order valence-corrected chi connectivity index (χ1v) is 14.8. The average Bonchev–Trinajstić information content (AvgIpc) is 3.64. The Morgan fingerprint density at radius 3 is 2.37 bits per heavy atom. The number of carboxylic acid groups (broad SMARTS) is 1. The summed E-state index contributed by atoms with van der Waals surface area (Å²) in [6.07, 6.45) is 2.25. The van der Waals surface area contributed by atoms with Crippen LogP contribution in [0.3, 0.4) is 0 Å². The van der Waals surface area contributed by atoms with Crippen LogP contribution in [0.15, 0.2) is 36.5 Å². The number of nitrogens with one attached hydrogen (secondary N) is 2. The van der Waals surface area contributed by atoms with Crippen LogP contribution in [0.25, 0.3) is 11.3 Å². The molecule has 3 heterocycles. The number of β-amino-alcohol motifs (C(OH)–C–C–N with tert-alkyl or cyclic N) is 1. The number of nitrogens with zero attached hydrogens (tertiary/aromatic N) is 4. The van der Waals surface area contributed by atoms with Gasteiger partial charge in [-0.3, -0.25) is 19.2 Å². The van der Waals surface area contributed by atoms with Gasteiger partial charge in [0.2, 0.25) is 5.91 Å². The molecule has 2 fully saturated rings. The van der Waals surface area contributed by atoms with Crippen molar-refractivity contribution in [2.24, 2.45) is 7.05 Å². The fourth-order valence-corrected chi connectivity index (χ4v) is 5.28. The van der Waals surface area contributed by atoms with Gasteiger partial charge < -0.3 is 40.0 Å². The van der Waals surface area contributed by atoms with Crippen molar-refractivity contribution in [2.45, 2.75) is 18.6 Å². The number of aliphatic hydroxyl groups excluding tert-OH is 1. The first-order valence-electron chi connectivity index (χ1n) is 14.0. The van der Waals surface area contributed by atoms with E-state index in [0.29, 0.717) is 41.8 Å². The van der Waals surface area contributed by atoms with Crippen molar-refractivity contribution in [3.8, 4) is 17.0 Å². The third-order valence-electron chi connectivity index (χ3n) is 7.34. The molecule has 2 amide bonds. The van der Waals surface area contributed by atoms with Crippen molar-refractivity contribution < 1.29 is 38.5 Å². The number of aliphatic hydroxyl groups is 1. The van der Waals surface area contributed by atoms with Crippen LogP contribution in [0, 0.1) is 5.82 Å². The van der Waals surface area contributed by atoms with Crippen LogP contribution in [0.5, 0.6) is 5.75 Å². The number of imidazole rings is 1. The van der Waals surface area contributed by atoms with Gasteiger partial charge in [0.25, 0.3) is 12.4 Å². The molecule has 2 atom stereocenters. The zero-order valence-electron chi connectivity index (χ0n) is 25.4. The number of anilines is 1. The van der Waals surface area contributed by atoms with Crippen LogP contribution in [-0.4, -0.2) is 113 Å². The van der Waals surface area contributed by atoms with Crippen LogP contribution in [0.4, 0.5) is 10.1 Å². The summed E-state index contributed by atoms with van der Waals surface area (Å²) >= 11 is 12.1. The van der Waals surface area contributed by atoms with Gasteiger partial charge in [-0.05, 0) is 43.8 Å². The minimum atomic E-state index is -0.696. The standard InChI is InChI=1S/C19H14Cl2FN3O3.C10H19N3O2.CH2O2/c1-25-14(12-5-6-15(28-2)17(22)16(12)21)8-23-18(25)19(27)24-11-4-3-10(9-26)13(20)7-11;1-12-2-4-13(5-3-12)10(15)9-6-8(14)7-11-9;2-1-3/h3-9H,1-2H3,(H,24,27);8-9,11,14H,2-7H2,1H3;1H,(H,2,3)/t;8-,9-;/m.0./s1. The third kappa shape index (κ3) is 9.01. The minimum absolute atomic E-state index is 0.0181.